The quantitative estimate of drug-likeness (QED) is 0.390. The Kier molecular flexibility index (Phi) is 3.88. The smallest absolute Gasteiger partial charge is 0.0402 e. The molecule has 0 saturated heterocycles. The first-order chi connectivity index (χ1) is 4.22. The fourth-order valence-corrected chi connectivity index (χ4v) is 0.664. The Bertz CT molecular complexity index is 132. The van der Waals surface area contributed by atoms with Crippen LogP contribution in [-0.4, -0.2) is 0 Å². The van der Waals surface area contributed by atoms with E-state index in [4.69, 9.17) is 0 Å². The topological polar surface area (TPSA) is 0 Å². The molecule has 0 N–H and O–H groups in total. The lowest BCUT2D eigenvalue weighted by atomic mass is 9.97. The molecular formula is C9H14. The number of rotatable bonds is 2. The fourth-order valence-electron chi connectivity index (χ4n) is 0.664. The van der Waals surface area contributed by atoms with Crippen molar-refractivity contribution in [2.24, 2.45) is 11.8 Å². The molecular weight excluding hydrogens is 108 g/mol. The summed E-state index contributed by atoms with van der Waals surface area (Å²) in [5, 5.41) is 0. The predicted molar refractivity (Wildman–Crippen MR) is 42.0 cm³/mol. The molecule has 0 aliphatic heterocycles. The Morgan fingerprint density at radius 3 is 2.11 bits per heavy atom. The summed E-state index contributed by atoms with van der Waals surface area (Å²) in [6.45, 7) is 9.86. The molecule has 0 aromatic carbocycles. The van der Waals surface area contributed by atoms with Gasteiger partial charge in [-0.3, -0.25) is 0 Å². The van der Waals surface area contributed by atoms with Crippen molar-refractivity contribution in [3.8, 4) is 11.8 Å². The highest BCUT2D eigenvalue weighted by Crippen LogP contribution is 2.09. The van der Waals surface area contributed by atoms with Gasteiger partial charge in [0.15, 0.2) is 0 Å². The van der Waals surface area contributed by atoms with Crippen molar-refractivity contribution in [1.29, 1.82) is 0 Å². The van der Waals surface area contributed by atoms with Crippen molar-refractivity contribution in [2.75, 3.05) is 0 Å². The summed E-state index contributed by atoms with van der Waals surface area (Å²) in [4.78, 5) is 0. The van der Waals surface area contributed by atoms with Crippen LogP contribution in [0, 0.1) is 23.7 Å². The van der Waals surface area contributed by atoms with E-state index in [2.05, 4.69) is 32.3 Å². The van der Waals surface area contributed by atoms with Crippen LogP contribution in [0.4, 0.5) is 0 Å². The Morgan fingerprint density at radius 2 is 2.00 bits per heavy atom. The Morgan fingerprint density at radius 1 is 1.44 bits per heavy atom. The van der Waals surface area contributed by atoms with E-state index >= 15 is 0 Å². The largest absolute Gasteiger partial charge is 0.106 e. The maximum absolute atomic E-state index is 3.70. The van der Waals surface area contributed by atoms with Gasteiger partial charge < -0.3 is 0 Å². The molecule has 0 heteroatoms. The molecule has 9 heavy (non-hydrogen) atoms. The number of allylic oxidation sites excluding steroid dienone is 1. The van der Waals surface area contributed by atoms with Gasteiger partial charge in [-0.2, -0.15) is 0 Å². The van der Waals surface area contributed by atoms with Crippen LogP contribution in [-0.2, 0) is 0 Å². The Hall–Kier alpha value is -0.700. The zero-order valence-electron chi connectivity index (χ0n) is 6.44. The lowest BCUT2D eigenvalue weighted by molar-refractivity contribution is 0.566. The molecule has 0 aromatic rings. The van der Waals surface area contributed by atoms with Gasteiger partial charge in [-0.1, -0.05) is 25.8 Å². The van der Waals surface area contributed by atoms with Gasteiger partial charge in [-0.05, 0) is 12.8 Å². The average molecular weight is 122 g/mol. The molecule has 0 nitrogen and oxygen atoms in total. The van der Waals surface area contributed by atoms with Crippen LogP contribution >= 0.6 is 0 Å². The summed E-state index contributed by atoms with van der Waals surface area (Å²) in [5.41, 5.74) is 0. The fraction of sp³-hybridized carbons (Fsp3) is 0.556. The maximum Gasteiger partial charge on any atom is 0.0402 e. The third-order valence-corrected chi connectivity index (χ3v) is 1.28. The monoisotopic (exact) mass is 122 g/mol. The molecule has 0 aliphatic rings. The van der Waals surface area contributed by atoms with Crippen LogP contribution in [0.15, 0.2) is 12.7 Å². The van der Waals surface area contributed by atoms with E-state index < -0.39 is 0 Å². The lowest BCUT2D eigenvalue weighted by Crippen LogP contribution is -2.00. The second kappa shape index (κ2) is 4.21. The van der Waals surface area contributed by atoms with Crippen LogP contribution < -0.4 is 0 Å². The Balaban J connectivity index is 3.93. The highest BCUT2D eigenvalue weighted by molar-refractivity contribution is 5.08. The summed E-state index contributed by atoms with van der Waals surface area (Å²) < 4.78 is 0. The molecule has 0 saturated carbocycles. The minimum absolute atomic E-state index is 0.370. The first-order valence-electron chi connectivity index (χ1n) is 3.27. The molecule has 0 heterocycles. The van der Waals surface area contributed by atoms with Gasteiger partial charge in [-0.25, -0.2) is 0 Å². The first kappa shape index (κ1) is 8.30. The minimum atomic E-state index is 0.370. The molecule has 0 spiro atoms. The van der Waals surface area contributed by atoms with E-state index in [1.54, 1.807) is 0 Å². The van der Waals surface area contributed by atoms with E-state index in [-0.39, 0.29) is 0 Å². The van der Waals surface area contributed by atoms with Crippen molar-refractivity contribution >= 4 is 0 Å². The summed E-state index contributed by atoms with van der Waals surface area (Å²) in [6, 6.07) is 0. The third-order valence-electron chi connectivity index (χ3n) is 1.28. The summed E-state index contributed by atoms with van der Waals surface area (Å²) in [7, 11) is 0. The molecule has 0 bridgehead atoms. The van der Waals surface area contributed by atoms with Crippen LogP contribution in [0.5, 0.6) is 0 Å². The van der Waals surface area contributed by atoms with Crippen LogP contribution in [0.3, 0.4) is 0 Å². The average Bonchev–Trinajstić information content (AvgIpc) is 1.82. The molecule has 50 valence electrons. The van der Waals surface area contributed by atoms with Crippen LogP contribution in [0.2, 0.25) is 0 Å². The zero-order valence-corrected chi connectivity index (χ0v) is 6.44. The number of hydrogen-bond acceptors (Lipinski definition) is 0. The molecule has 0 aliphatic carbocycles. The van der Waals surface area contributed by atoms with Crippen molar-refractivity contribution in [3.05, 3.63) is 12.7 Å². The SMILES string of the molecule is C=CC(C#CC)C(C)C. The van der Waals surface area contributed by atoms with E-state index in [1.807, 2.05) is 13.0 Å². The van der Waals surface area contributed by atoms with Crippen molar-refractivity contribution in [3.63, 3.8) is 0 Å². The van der Waals surface area contributed by atoms with Gasteiger partial charge in [0.1, 0.15) is 0 Å². The molecule has 1 atom stereocenters. The zero-order chi connectivity index (χ0) is 7.28. The van der Waals surface area contributed by atoms with Crippen LogP contribution in [0.1, 0.15) is 20.8 Å². The van der Waals surface area contributed by atoms with E-state index in [1.165, 1.54) is 0 Å². The maximum atomic E-state index is 3.70. The molecule has 0 amide bonds. The van der Waals surface area contributed by atoms with Gasteiger partial charge in [0, 0.05) is 5.92 Å². The van der Waals surface area contributed by atoms with E-state index in [9.17, 15) is 0 Å². The van der Waals surface area contributed by atoms with E-state index in [0.29, 0.717) is 11.8 Å². The Labute approximate surface area is 58.0 Å². The molecule has 1 unspecified atom stereocenters. The highest BCUT2D eigenvalue weighted by Gasteiger charge is 2.02. The van der Waals surface area contributed by atoms with Crippen molar-refractivity contribution in [2.45, 2.75) is 20.8 Å². The third kappa shape index (κ3) is 2.98. The van der Waals surface area contributed by atoms with Gasteiger partial charge in [0.2, 0.25) is 0 Å². The van der Waals surface area contributed by atoms with Crippen molar-refractivity contribution < 1.29 is 0 Å². The lowest BCUT2D eigenvalue weighted by Gasteiger charge is -2.07. The minimum Gasteiger partial charge on any atom is -0.106 e. The first-order valence-corrected chi connectivity index (χ1v) is 3.27. The van der Waals surface area contributed by atoms with Crippen LogP contribution in [0.25, 0.3) is 0 Å². The standard InChI is InChI=1S/C9H14/c1-5-7-9(6-2)8(3)4/h6,8-9H,2H2,1,3-4H3. The second-order valence-corrected chi connectivity index (χ2v) is 2.40. The normalized spacial score (nSPS) is 12.0. The molecule has 0 fully saturated rings. The van der Waals surface area contributed by atoms with Gasteiger partial charge in [0.25, 0.3) is 0 Å². The second-order valence-electron chi connectivity index (χ2n) is 2.40. The van der Waals surface area contributed by atoms with E-state index in [0.717, 1.165) is 0 Å². The van der Waals surface area contributed by atoms with Crippen molar-refractivity contribution in [1.82, 2.24) is 0 Å². The molecule has 0 rings (SSSR count). The summed E-state index contributed by atoms with van der Waals surface area (Å²) >= 11 is 0. The predicted octanol–water partition coefficient (Wildman–Crippen LogP) is 2.47. The molecule has 0 aromatic heterocycles. The highest BCUT2D eigenvalue weighted by atomic mass is 14.1. The van der Waals surface area contributed by atoms with Gasteiger partial charge >= 0.3 is 0 Å². The van der Waals surface area contributed by atoms with Gasteiger partial charge in [0.05, 0.1) is 0 Å². The number of hydrogen-bond donors (Lipinski definition) is 0. The summed E-state index contributed by atoms with van der Waals surface area (Å²) in [5.74, 6) is 6.91. The summed E-state index contributed by atoms with van der Waals surface area (Å²) in [6.07, 6.45) is 1.90. The van der Waals surface area contributed by atoms with Gasteiger partial charge in [-0.15, -0.1) is 12.5 Å². The molecule has 0 radical (unpaired) electrons.